The molecule has 0 atom stereocenters. The molecule has 178 valence electrons. The minimum absolute atomic E-state index is 0.0155. The maximum absolute atomic E-state index is 11.8. The monoisotopic (exact) mass is 572 g/mol. The Morgan fingerprint density at radius 1 is 1.11 bits per heavy atom. The Labute approximate surface area is 218 Å². The lowest BCUT2D eigenvalue weighted by Gasteiger charge is -2.07. The van der Waals surface area contributed by atoms with E-state index >= 15 is 0 Å². The summed E-state index contributed by atoms with van der Waals surface area (Å²) in [5, 5.41) is 18.2. The van der Waals surface area contributed by atoms with Crippen molar-refractivity contribution in [1.82, 2.24) is 10.2 Å². The van der Waals surface area contributed by atoms with Crippen molar-refractivity contribution in [2.45, 2.75) is 11.8 Å². The van der Waals surface area contributed by atoms with E-state index in [1.165, 1.54) is 13.2 Å². The molecule has 4 rings (SSSR count). The number of hydrogen-bond donors (Lipinski definition) is 1. The van der Waals surface area contributed by atoms with E-state index in [2.05, 4.69) is 26.1 Å². The number of aromatic nitrogens is 2. The van der Waals surface area contributed by atoms with Crippen LogP contribution in [0.4, 0.5) is 0 Å². The molecule has 0 saturated heterocycles. The third-order valence-electron chi connectivity index (χ3n) is 4.70. The van der Waals surface area contributed by atoms with Crippen LogP contribution in [-0.2, 0) is 11.4 Å². The number of nitrogens with zero attached hydrogens (tertiary/aromatic N) is 2. The summed E-state index contributed by atoms with van der Waals surface area (Å²) in [6, 6.07) is 20.0. The molecule has 35 heavy (non-hydrogen) atoms. The number of carboxylic acids is 1. The summed E-state index contributed by atoms with van der Waals surface area (Å²) in [5.74, 6) is 0.229. The number of halogens is 2. The van der Waals surface area contributed by atoms with Crippen LogP contribution in [0, 0.1) is 0 Å². The average Bonchev–Trinajstić information content (AvgIpc) is 3.32. The molecule has 0 saturated carbocycles. The summed E-state index contributed by atoms with van der Waals surface area (Å²) >= 11 is 10.3. The van der Waals surface area contributed by atoms with Gasteiger partial charge in [0.1, 0.15) is 23.0 Å². The molecule has 3 aromatic carbocycles. The van der Waals surface area contributed by atoms with Crippen molar-refractivity contribution in [3.8, 4) is 23.0 Å². The van der Waals surface area contributed by atoms with Gasteiger partial charge < -0.3 is 19.0 Å². The van der Waals surface area contributed by atoms with Crippen molar-refractivity contribution in [3.63, 3.8) is 0 Å². The Morgan fingerprint density at radius 3 is 2.54 bits per heavy atom. The normalized spacial score (nSPS) is 11.3. The van der Waals surface area contributed by atoms with Crippen LogP contribution in [0.1, 0.15) is 11.1 Å². The van der Waals surface area contributed by atoms with Gasteiger partial charge in [0.2, 0.25) is 0 Å². The van der Waals surface area contributed by atoms with E-state index in [-0.39, 0.29) is 16.0 Å². The summed E-state index contributed by atoms with van der Waals surface area (Å²) in [7, 11) is 1.52. The number of carboxylic acid groups (broad SMARTS) is 1. The average molecular weight is 574 g/mol. The molecule has 0 radical (unpaired) electrons. The van der Waals surface area contributed by atoms with E-state index in [0.717, 1.165) is 21.8 Å². The Kier molecular flexibility index (Phi) is 8.12. The quantitative estimate of drug-likeness (QED) is 0.170. The van der Waals surface area contributed by atoms with Gasteiger partial charge in [-0.05, 0) is 71.4 Å². The van der Waals surface area contributed by atoms with Gasteiger partial charge in [0.15, 0.2) is 0 Å². The third-order valence-corrected chi connectivity index (χ3v) is 6.32. The van der Waals surface area contributed by atoms with E-state index in [1.54, 1.807) is 42.5 Å². The van der Waals surface area contributed by atoms with Gasteiger partial charge in [0, 0.05) is 9.50 Å². The molecule has 0 bridgehead atoms. The maximum atomic E-state index is 11.8. The van der Waals surface area contributed by atoms with Gasteiger partial charge in [0.05, 0.1) is 12.7 Å². The molecule has 0 amide bonds. The summed E-state index contributed by atoms with van der Waals surface area (Å²) < 4.78 is 17.8. The molecule has 0 fully saturated rings. The fourth-order valence-electron chi connectivity index (χ4n) is 3.00. The highest BCUT2D eigenvalue weighted by Crippen LogP contribution is 2.35. The number of rotatable bonds is 9. The van der Waals surface area contributed by atoms with Gasteiger partial charge in [-0.15, -0.1) is 10.2 Å². The highest BCUT2D eigenvalue weighted by molar-refractivity contribution is 9.10. The van der Waals surface area contributed by atoms with Crippen LogP contribution in [0.2, 0.25) is 5.02 Å². The van der Waals surface area contributed by atoms with E-state index in [9.17, 15) is 9.90 Å². The second-order valence-electron chi connectivity index (χ2n) is 7.12. The first-order chi connectivity index (χ1) is 16.9. The van der Waals surface area contributed by atoms with Gasteiger partial charge in [-0.1, -0.05) is 51.8 Å². The van der Waals surface area contributed by atoms with Crippen LogP contribution >= 0.6 is 39.3 Å². The van der Waals surface area contributed by atoms with E-state index in [0.29, 0.717) is 34.3 Å². The van der Waals surface area contributed by atoms with Crippen LogP contribution < -0.4 is 9.47 Å². The molecule has 1 heterocycles. The summed E-state index contributed by atoms with van der Waals surface area (Å²) in [4.78, 5) is 11.9. The first-order valence-electron chi connectivity index (χ1n) is 10.2. The zero-order valence-corrected chi connectivity index (χ0v) is 21.4. The third kappa shape index (κ3) is 6.66. The largest absolute Gasteiger partial charge is 0.496 e. The fourth-order valence-corrected chi connectivity index (χ4v) is 4.10. The van der Waals surface area contributed by atoms with Gasteiger partial charge in [0.25, 0.3) is 11.1 Å². The maximum Gasteiger partial charge on any atom is 0.342 e. The zero-order valence-electron chi connectivity index (χ0n) is 18.3. The molecule has 0 aliphatic carbocycles. The molecular weight excluding hydrogens is 556 g/mol. The van der Waals surface area contributed by atoms with Crippen molar-refractivity contribution >= 4 is 51.3 Å². The smallest absolute Gasteiger partial charge is 0.342 e. The summed E-state index contributed by atoms with van der Waals surface area (Å²) in [5.41, 5.74) is 2.23. The number of hydrogen-bond acceptors (Lipinski definition) is 7. The molecule has 7 nitrogen and oxygen atoms in total. The molecule has 0 aliphatic heterocycles. The molecule has 0 spiro atoms. The Balaban J connectivity index is 1.46. The van der Waals surface area contributed by atoms with Crippen molar-refractivity contribution in [2.75, 3.05) is 7.11 Å². The van der Waals surface area contributed by atoms with Crippen LogP contribution in [0.5, 0.6) is 11.5 Å². The van der Waals surface area contributed by atoms with Gasteiger partial charge in [-0.25, -0.2) is 4.79 Å². The molecule has 0 aliphatic rings. The number of methoxy groups -OCH3 is 1. The van der Waals surface area contributed by atoms with Crippen LogP contribution in [0.3, 0.4) is 0 Å². The second-order valence-corrected chi connectivity index (χ2v) is 9.46. The second kappa shape index (κ2) is 11.4. The van der Waals surface area contributed by atoms with Crippen molar-refractivity contribution in [2.24, 2.45) is 0 Å². The lowest BCUT2D eigenvalue weighted by atomic mass is 10.2. The van der Waals surface area contributed by atoms with Crippen LogP contribution in [-0.4, -0.2) is 28.4 Å². The highest BCUT2D eigenvalue weighted by atomic mass is 79.9. The van der Waals surface area contributed by atoms with Crippen LogP contribution in [0.15, 0.2) is 85.7 Å². The predicted molar refractivity (Wildman–Crippen MR) is 138 cm³/mol. The van der Waals surface area contributed by atoms with Crippen LogP contribution in [0.25, 0.3) is 17.5 Å². The Morgan fingerprint density at radius 2 is 1.86 bits per heavy atom. The van der Waals surface area contributed by atoms with Gasteiger partial charge >= 0.3 is 5.97 Å². The minimum atomic E-state index is -1.12. The van der Waals surface area contributed by atoms with Crippen molar-refractivity contribution in [3.05, 3.63) is 92.3 Å². The highest BCUT2D eigenvalue weighted by Gasteiger charge is 2.18. The van der Waals surface area contributed by atoms with E-state index < -0.39 is 5.97 Å². The number of benzene rings is 3. The number of carbonyl (C=O) groups is 1. The standard InChI is InChI=1S/C25H18BrClN2O5S/c1-32-21-11-8-18(27)13-20(21)23-28-29-25(34-23)35-22(24(30)31)12-15-4-9-19(10-5-15)33-14-16-2-6-17(26)7-3-16/h2-13H,14H2,1H3,(H,30,31)/b22-12-. The number of aliphatic carboxylic acids is 1. The fraction of sp³-hybridized carbons (Fsp3) is 0.0800. The van der Waals surface area contributed by atoms with Crippen molar-refractivity contribution < 1.29 is 23.8 Å². The first kappa shape index (κ1) is 24.8. The SMILES string of the molecule is COc1ccc(Cl)cc1-c1nnc(S/C(=C\c2ccc(OCc3ccc(Br)cc3)cc2)C(=O)O)o1. The molecule has 1 aromatic heterocycles. The zero-order chi connectivity index (χ0) is 24.8. The summed E-state index contributed by atoms with van der Waals surface area (Å²) in [6.45, 7) is 0.426. The molecule has 0 unspecified atom stereocenters. The minimum Gasteiger partial charge on any atom is -0.496 e. The van der Waals surface area contributed by atoms with E-state index in [4.69, 9.17) is 25.5 Å². The molecule has 10 heteroatoms. The Hall–Kier alpha value is -3.27. The number of thioether (sulfide) groups is 1. The Bertz CT molecular complexity index is 1360. The van der Waals surface area contributed by atoms with E-state index in [1.807, 2.05) is 24.3 Å². The van der Waals surface area contributed by atoms with Gasteiger partial charge in [-0.3, -0.25) is 0 Å². The lowest BCUT2D eigenvalue weighted by molar-refractivity contribution is -0.131. The molecule has 4 aromatic rings. The predicted octanol–water partition coefficient (Wildman–Crippen LogP) is 6.96. The number of ether oxygens (including phenoxy) is 2. The topological polar surface area (TPSA) is 94.7 Å². The lowest BCUT2D eigenvalue weighted by Crippen LogP contribution is -1.97. The van der Waals surface area contributed by atoms with Crippen molar-refractivity contribution in [1.29, 1.82) is 0 Å². The van der Waals surface area contributed by atoms with Gasteiger partial charge in [-0.2, -0.15) is 0 Å². The first-order valence-corrected chi connectivity index (χ1v) is 12.2. The molecule has 1 N–H and O–H groups in total. The molecular formula is C25H18BrClN2O5S. The summed E-state index contributed by atoms with van der Waals surface area (Å²) in [6.07, 6.45) is 1.52.